The Labute approximate surface area is 146 Å². The average molecular weight is 346 g/mol. The van der Waals surface area contributed by atoms with Crippen LogP contribution in [-0.4, -0.2) is 26.7 Å². The van der Waals surface area contributed by atoms with E-state index in [0.29, 0.717) is 28.6 Å². The minimum atomic E-state index is -0.0758. The topological polar surface area (TPSA) is 38.8 Å². The van der Waals surface area contributed by atoms with Crippen molar-refractivity contribution in [3.63, 3.8) is 0 Å². The van der Waals surface area contributed by atoms with Gasteiger partial charge in [-0.3, -0.25) is 4.79 Å². The molecular formula is C19H20ClNO3. The highest BCUT2D eigenvalue weighted by Gasteiger charge is 2.26. The molecule has 0 bridgehead atoms. The SMILES string of the molecule is COc1cc(C(=O)N2CCCc3cccc(C)c32)cc(Cl)c1OC. The molecule has 1 amide bonds. The molecule has 0 fully saturated rings. The number of methoxy groups -OCH3 is 2. The smallest absolute Gasteiger partial charge is 0.258 e. The maximum Gasteiger partial charge on any atom is 0.258 e. The summed E-state index contributed by atoms with van der Waals surface area (Å²) in [6, 6.07) is 9.47. The highest BCUT2D eigenvalue weighted by atomic mass is 35.5. The lowest BCUT2D eigenvalue weighted by Gasteiger charge is -2.31. The van der Waals surface area contributed by atoms with Gasteiger partial charge < -0.3 is 14.4 Å². The quantitative estimate of drug-likeness (QED) is 0.834. The fourth-order valence-corrected chi connectivity index (χ4v) is 3.54. The second kappa shape index (κ2) is 6.73. The minimum absolute atomic E-state index is 0.0758. The molecule has 0 radical (unpaired) electrons. The van der Waals surface area contributed by atoms with Gasteiger partial charge in [0.2, 0.25) is 0 Å². The van der Waals surface area contributed by atoms with Gasteiger partial charge in [0.15, 0.2) is 11.5 Å². The molecule has 0 saturated carbocycles. The summed E-state index contributed by atoms with van der Waals surface area (Å²) in [5.41, 5.74) is 3.82. The number of amides is 1. The third-order valence-electron chi connectivity index (χ3n) is 4.34. The van der Waals surface area contributed by atoms with Crippen LogP contribution in [0.1, 0.15) is 27.9 Å². The highest BCUT2D eigenvalue weighted by molar-refractivity contribution is 6.32. The van der Waals surface area contributed by atoms with Crippen LogP contribution >= 0.6 is 11.6 Å². The molecule has 0 N–H and O–H groups in total. The van der Waals surface area contributed by atoms with Crippen LogP contribution in [0.2, 0.25) is 5.02 Å². The van der Waals surface area contributed by atoms with Crippen molar-refractivity contribution in [3.8, 4) is 11.5 Å². The van der Waals surface area contributed by atoms with Crippen LogP contribution in [0.5, 0.6) is 11.5 Å². The Morgan fingerprint density at radius 2 is 2.00 bits per heavy atom. The predicted molar refractivity (Wildman–Crippen MR) is 95.7 cm³/mol. The Hall–Kier alpha value is -2.20. The van der Waals surface area contributed by atoms with E-state index in [1.54, 1.807) is 12.1 Å². The molecule has 0 saturated heterocycles. The molecule has 1 aliphatic rings. The zero-order valence-corrected chi connectivity index (χ0v) is 14.8. The monoisotopic (exact) mass is 345 g/mol. The first kappa shape index (κ1) is 16.7. The summed E-state index contributed by atoms with van der Waals surface area (Å²) in [6.07, 6.45) is 1.94. The van der Waals surface area contributed by atoms with E-state index >= 15 is 0 Å². The van der Waals surface area contributed by atoms with E-state index in [4.69, 9.17) is 21.1 Å². The summed E-state index contributed by atoms with van der Waals surface area (Å²) in [4.78, 5) is 14.9. The Morgan fingerprint density at radius 3 is 2.71 bits per heavy atom. The number of hydrogen-bond donors (Lipinski definition) is 0. The van der Waals surface area contributed by atoms with Crippen molar-refractivity contribution in [1.29, 1.82) is 0 Å². The van der Waals surface area contributed by atoms with Gasteiger partial charge in [-0.05, 0) is 43.0 Å². The normalized spacial score (nSPS) is 13.4. The number of anilines is 1. The van der Waals surface area contributed by atoms with Gasteiger partial charge in [0.25, 0.3) is 5.91 Å². The number of benzene rings is 2. The summed E-state index contributed by atoms with van der Waals surface area (Å²) in [5.74, 6) is 0.814. The molecule has 0 spiro atoms. The molecule has 0 aromatic heterocycles. The van der Waals surface area contributed by atoms with E-state index in [9.17, 15) is 4.79 Å². The number of ether oxygens (including phenoxy) is 2. The van der Waals surface area contributed by atoms with E-state index in [2.05, 4.69) is 6.07 Å². The van der Waals surface area contributed by atoms with Gasteiger partial charge >= 0.3 is 0 Å². The third-order valence-corrected chi connectivity index (χ3v) is 4.63. The van der Waals surface area contributed by atoms with Gasteiger partial charge in [0.1, 0.15) is 0 Å². The number of aryl methyl sites for hydroxylation is 2. The van der Waals surface area contributed by atoms with Crippen LogP contribution in [0.3, 0.4) is 0 Å². The Morgan fingerprint density at radius 1 is 1.21 bits per heavy atom. The molecule has 24 heavy (non-hydrogen) atoms. The van der Waals surface area contributed by atoms with E-state index in [1.165, 1.54) is 19.8 Å². The summed E-state index contributed by atoms with van der Waals surface area (Å²) < 4.78 is 10.5. The van der Waals surface area contributed by atoms with Gasteiger partial charge in [-0.2, -0.15) is 0 Å². The largest absolute Gasteiger partial charge is 0.493 e. The Bertz CT molecular complexity index is 788. The number of para-hydroxylation sites is 1. The molecule has 2 aromatic rings. The minimum Gasteiger partial charge on any atom is -0.493 e. The predicted octanol–water partition coefficient (Wildman–Crippen LogP) is 4.26. The summed E-state index contributed by atoms with van der Waals surface area (Å²) in [6.45, 7) is 2.73. The molecule has 1 aliphatic heterocycles. The van der Waals surface area contributed by atoms with Crippen molar-refractivity contribution in [2.45, 2.75) is 19.8 Å². The van der Waals surface area contributed by atoms with E-state index < -0.39 is 0 Å². The number of hydrogen-bond acceptors (Lipinski definition) is 3. The van der Waals surface area contributed by atoms with Crippen LogP contribution in [-0.2, 0) is 6.42 Å². The fourth-order valence-electron chi connectivity index (χ4n) is 3.25. The first-order chi connectivity index (χ1) is 11.6. The van der Waals surface area contributed by atoms with Crippen LogP contribution in [0.15, 0.2) is 30.3 Å². The van der Waals surface area contributed by atoms with Gasteiger partial charge in [0, 0.05) is 12.1 Å². The molecule has 4 nitrogen and oxygen atoms in total. The van der Waals surface area contributed by atoms with Crippen molar-refractivity contribution in [3.05, 3.63) is 52.0 Å². The van der Waals surface area contributed by atoms with Crippen LogP contribution < -0.4 is 14.4 Å². The second-order valence-electron chi connectivity index (χ2n) is 5.84. The van der Waals surface area contributed by atoms with Crippen molar-refractivity contribution in [2.75, 3.05) is 25.7 Å². The zero-order valence-electron chi connectivity index (χ0n) is 14.1. The van der Waals surface area contributed by atoms with Crippen LogP contribution in [0.25, 0.3) is 0 Å². The molecule has 5 heteroatoms. The van der Waals surface area contributed by atoms with Crippen molar-refractivity contribution in [2.24, 2.45) is 0 Å². The van der Waals surface area contributed by atoms with Gasteiger partial charge in [0.05, 0.1) is 24.9 Å². The summed E-state index contributed by atoms with van der Waals surface area (Å²) in [7, 11) is 3.05. The molecule has 2 aromatic carbocycles. The number of rotatable bonds is 3. The standard InChI is InChI=1S/C19H20ClNO3/c1-12-6-4-7-13-8-5-9-21(17(12)13)19(22)14-10-15(20)18(24-3)16(11-14)23-2/h4,6-7,10-11H,5,8-9H2,1-3H3. The molecule has 0 atom stereocenters. The Balaban J connectivity index is 2.04. The first-order valence-electron chi connectivity index (χ1n) is 7.88. The number of carbonyl (C=O) groups is 1. The molecular weight excluding hydrogens is 326 g/mol. The van der Waals surface area contributed by atoms with E-state index in [0.717, 1.165) is 24.1 Å². The molecule has 0 aliphatic carbocycles. The lowest BCUT2D eigenvalue weighted by Crippen LogP contribution is -2.36. The van der Waals surface area contributed by atoms with Gasteiger partial charge in [-0.15, -0.1) is 0 Å². The molecule has 1 heterocycles. The van der Waals surface area contributed by atoms with Crippen LogP contribution in [0.4, 0.5) is 5.69 Å². The molecule has 0 unspecified atom stereocenters. The van der Waals surface area contributed by atoms with Gasteiger partial charge in [-0.1, -0.05) is 29.8 Å². The average Bonchev–Trinajstić information content (AvgIpc) is 2.60. The number of halogens is 1. The third kappa shape index (κ3) is 2.82. The maximum absolute atomic E-state index is 13.1. The van der Waals surface area contributed by atoms with Crippen LogP contribution in [0, 0.1) is 6.92 Å². The van der Waals surface area contributed by atoms with E-state index in [1.807, 2.05) is 24.0 Å². The van der Waals surface area contributed by atoms with Crippen molar-refractivity contribution in [1.82, 2.24) is 0 Å². The number of fused-ring (bicyclic) bond motifs is 1. The zero-order chi connectivity index (χ0) is 17.3. The summed E-state index contributed by atoms with van der Waals surface area (Å²) >= 11 is 6.25. The summed E-state index contributed by atoms with van der Waals surface area (Å²) in [5, 5.41) is 0.363. The lowest BCUT2D eigenvalue weighted by atomic mass is 9.97. The number of nitrogens with zero attached hydrogens (tertiary/aromatic N) is 1. The van der Waals surface area contributed by atoms with E-state index in [-0.39, 0.29) is 5.91 Å². The molecule has 126 valence electrons. The lowest BCUT2D eigenvalue weighted by molar-refractivity contribution is 0.0984. The van der Waals surface area contributed by atoms with Gasteiger partial charge in [-0.25, -0.2) is 0 Å². The second-order valence-corrected chi connectivity index (χ2v) is 6.24. The fraction of sp³-hybridized carbons (Fsp3) is 0.316. The Kier molecular flexibility index (Phi) is 4.67. The maximum atomic E-state index is 13.1. The van der Waals surface area contributed by atoms with Crippen molar-refractivity contribution < 1.29 is 14.3 Å². The number of carbonyl (C=O) groups excluding carboxylic acids is 1. The highest BCUT2D eigenvalue weighted by Crippen LogP contribution is 2.38. The van der Waals surface area contributed by atoms with Crippen molar-refractivity contribution >= 4 is 23.2 Å². The first-order valence-corrected chi connectivity index (χ1v) is 8.26. The molecule has 3 rings (SSSR count).